The van der Waals surface area contributed by atoms with E-state index in [9.17, 15) is 4.79 Å². The summed E-state index contributed by atoms with van der Waals surface area (Å²) in [4.78, 5) is 15.3. The average Bonchev–Trinajstić information content (AvgIpc) is 3.14. The largest absolute Gasteiger partial charge is 0.477 e. The minimum Gasteiger partial charge on any atom is -0.477 e. The van der Waals surface area contributed by atoms with E-state index in [0.717, 1.165) is 17.6 Å². The van der Waals surface area contributed by atoms with Crippen LogP contribution in [0.1, 0.15) is 30.3 Å². The van der Waals surface area contributed by atoms with Crippen molar-refractivity contribution in [3.63, 3.8) is 0 Å². The van der Waals surface area contributed by atoms with Gasteiger partial charge >= 0.3 is 5.97 Å². The Bertz CT molecular complexity index is 648. The summed E-state index contributed by atoms with van der Waals surface area (Å²) in [7, 11) is 0. The number of hydrogen-bond acceptors (Lipinski definition) is 3. The number of aromatic carboxylic acids is 1. The highest BCUT2D eigenvalue weighted by Crippen LogP contribution is 2.45. The smallest absolute Gasteiger partial charge is 0.354 e. The lowest BCUT2D eigenvalue weighted by molar-refractivity contribution is 0.0691. The van der Waals surface area contributed by atoms with E-state index in [1.807, 2.05) is 24.3 Å². The molecule has 4 heteroatoms. The van der Waals surface area contributed by atoms with E-state index < -0.39 is 5.97 Å². The molecule has 19 heavy (non-hydrogen) atoms. The number of anilines is 1. The quantitative estimate of drug-likeness (QED) is 0.882. The minimum atomic E-state index is -0.994. The van der Waals surface area contributed by atoms with Gasteiger partial charge in [-0.25, -0.2) is 9.78 Å². The van der Waals surface area contributed by atoms with Crippen LogP contribution in [0.5, 0.6) is 0 Å². The van der Waals surface area contributed by atoms with Crippen molar-refractivity contribution in [3.8, 4) is 0 Å². The molecule has 1 aliphatic carbocycles. The van der Waals surface area contributed by atoms with E-state index in [-0.39, 0.29) is 5.69 Å². The average molecular weight is 256 g/mol. The van der Waals surface area contributed by atoms with E-state index in [1.165, 1.54) is 12.8 Å². The standard InChI is InChI=1S/C15H16N2O2/c1-15(6-7-15)9-16-12-8-13(14(18)19)17-11-5-3-2-4-10(11)12/h2-5,8H,6-7,9H2,1H3,(H,16,17)(H,18,19). The number of benzene rings is 1. The number of carbonyl (C=O) groups is 1. The maximum Gasteiger partial charge on any atom is 0.354 e. The summed E-state index contributed by atoms with van der Waals surface area (Å²) in [5.74, 6) is -0.994. The molecular weight excluding hydrogens is 240 g/mol. The fourth-order valence-corrected chi connectivity index (χ4v) is 2.13. The van der Waals surface area contributed by atoms with Gasteiger partial charge in [-0.15, -0.1) is 0 Å². The van der Waals surface area contributed by atoms with Crippen molar-refractivity contribution in [2.45, 2.75) is 19.8 Å². The lowest BCUT2D eigenvalue weighted by Gasteiger charge is -2.14. The third kappa shape index (κ3) is 2.38. The van der Waals surface area contributed by atoms with Crippen LogP contribution in [0.2, 0.25) is 0 Å². The van der Waals surface area contributed by atoms with Gasteiger partial charge in [-0.2, -0.15) is 0 Å². The molecule has 1 aliphatic rings. The second kappa shape index (κ2) is 4.23. The fraction of sp³-hybridized carbons (Fsp3) is 0.333. The van der Waals surface area contributed by atoms with E-state index in [4.69, 9.17) is 5.11 Å². The monoisotopic (exact) mass is 256 g/mol. The summed E-state index contributed by atoms with van der Waals surface area (Å²) in [5.41, 5.74) is 2.03. The molecule has 1 saturated carbocycles. The zero-order chi connectivity index (χ0) is 13.5. The zero-order valence-electron chi connectivity index (χ0n) is 10.8. The number of carboxylic acids is 1. The molecule has 1 aromatic heterocycles. The third-order valence-electron chi connectivity index (χ3n) is 3.74. The Balaban J connectivity index is 2.01. The normalized spacial score (nSPS) is 16.3. The summed E-state index contributed by atoms with van der Waals surface area (Å²) in [5, 5.41) is 13.5. The van der Waals surface area contributed by atoms with Gasteiger partial charge in [0.2, 0.25) is 0 Å². The van der Waals surface area contributed by atoms with Crippen molar-refractivity contribution in [3.05, 3.63) is 36.0 Å². The van der Waals surface area contributed by atoms with Gasteiger partial charge in [0, 0.05) is 17.6 Å². The van der Waals surface area contributed by atoms with Crippen LogP contribution >= 0.6 is 0 Å². The molecule has 0 amide bonds. The summed E-state index contributed by atoms with van der Waals surface area (Å²) >= 11 is 0. The maximum absolute atomic E-state index is 11.1. The van der Waals surface area contributed by atoms with Gasteiger partial charge in [0.05, 0.1) is 5.52 Å². The molecule has 1 fully saturated rings. The predicted molar refractivity (Wildman–Crippen MR) is 74.5 cm³/mol. The summed E-state index contributed by atoms with van der Waals surface area (Å²) < 4.78 is 0. The minimum absolute atomic E-state index is 0.0853. The lowest BCUT2D eigenvalue weighted by Crippen LogP contribution is -2.13. The van der Waals surface area contributed by atoms with Crippen LogP contribution in [0.25, 0.3) is 10.9 Å². The Morgan fingerprint density at radius 1 is 1.42 bits per heavy atom. The molecule has 0 bridgehead atoms. The van der Waals surface area contributed by atoms with E-state index >= 15 is 0 Å². The molecular formula is C15H16N2O2. The molecule has 0 spiro atoms. The topological polar surface area (TPSA) is 62.2 Å². The van der Waals surface area contributed by atoms with Crippen LogP contribution in [-0.2, 0) is 0 Å². The van der Waals surface area contributed by atoms with E-state index in [1.54, 1.807) is 6.07 Å². The number of aromatic nitrogens is 1. The Morgan fingerprint density at radius 2 is 2.16 bits per heavy atom. The predicted octanol–water partition coefficient (Wildman–Crippen LogP) is 3.15. The maximum atomic E-state index is 11.1. The Hall–Kier alpha value is -2.10. The van der Waals surface area contributed by atoms with Crippen LogP contribution < -0.4 is 5.32 Å². The van der Waals surface area contributed by atoms with Crippen molar-refractivity contribution in [1.82, 2.24) is 4.98 Å². The van der Waals surface area contributed by atoms with Gasteiger partial charge < -0.3 is 10.4 Å². The molecule has 3 rings (SSSR count). The molecule has 0 unspecified atom stereocenters. The SMILES string of the molecule is CC1(CNc2cc(C(=O)O)nc3ccccc23)CC1. The Labute approximate surface area is 111 Å². The van der Waals surface area contributed by atoms with Crippen LogP contribution in [-0.4, -0.2) is 22.6 Å². The second-order valence-electron chi connectivity index (χ2n) is 5.54. The highest BCUT2D eigenvalue weighted by atomic mass is 16.4. The number of nitrogens with zero attached hydrogens (tertiary/aromatic N) is 1. The molecule has 0 aliphatic heterocycles. The molecule has 4 nitrogen and oxygen atoms in total. The van der Waals surface area contributed by atoms with Crippen molar-refractivity contribution >= 4 is 22.6 Å². The van der Waals surface area contributed by atoms with Gasteiger partial charge in [0.1, 0.15) is 0 Å². The highest BCUT2D eigenvalue weighted by molar-refractivity contribution is 5.97. The van der Waals surface area contributed by atoms with Gasteiger partial charge in [-0.1, -0.05) is 25.1 Å². The molecule has 2 aromatic rings. The van der Waals surface area contributed by atoms with Gasteiger partial charge in [-0.05, 0) is 30.4 Å². The number of carboxylic acid groups (broad SMARTS) is 1. The molecule has 0 radical (unpaired) electrons. The zero-order valence-corrected chi connectivity index (χ0v) is 10.8. The lowest BCUT2D eigenvalue weighted by atomic mass is 10.1. The van der Waals surface area contributed by atoms with Crippen molar-refractivity contribution in [2.24, 2.45) is 5.41 Å². The van der Waals surface area contributed by atoms with Crippen LogP contribution in [0, 0.1) is 5.41 Å². The van der Waals surface area contributed by atoms with Gasteiger partial charge in [0.25, 0.3) is 0 Å². The molecule has 0 saturated heterocycles. The van der Waals surface area contributed by atoms with Gasteiger partial charge in [0.15, 0.2) is 5.69 Å². The summed E-state index contributed by atoms with van der Waals surface area (Å²) in [6.45, 7) is 3.11. The first-order chi connectivity index (χ1) is 9.07. The molecule has 1 heterocycles. The van der Waals surface area contributed by atoms with Crippen molar-refractivity contribution in [1.29, 1.82) is 0 Å². The number of fused-ring (bicyclic) bond motifs is 1. The Morgan fingerprint density at radius 3 is 2.84 bits per heavy atom. The van der Waals surface area contributed by atoms with E-state index in [0.29, 0.717) is 10.9 Å². The molecule has 98 valence electrons. The number of hydrogen-bond donors (Lipinski definition) is 2. The highest BCUT2D eigenvalue weighted by Gasteiger charge is 2.36. The van der Waals surface area contributed by atoms with Crippen molar-refractivity contribution in [2.75, 3.05) is 11.9 Å². The molecule has 1 aromatic carbocycles. The first kappa shape index (κ1) is 12.0. The first-order valence-corrected chi connectivity index (χ1v) is 6.44. The first-order valence-electron chi connectivity index (χ1n) is 6.44. The molecule has 2 N–H and O–H groups in total. The summed E-state index contributed by atoms with van der Waals surface area (Å²) in [6, 6.07) is 9.23. The van der Waals surface area contributed by atoms with Crippen molar-refractivity contribution < 1.29 is 9.90 Å². The number of pyridine rings is 1. The Kier molecular flexibility index (Phi) is 2.66. The van der Waals surface area contributed by atoms with Crippen LogP contribution in [0.3, 0.4) is 0 Å². The second-order valence-corrected chi connectivity index (χ2v) is 5.54. The fourth-order valence-electron chi connectivity index (χ4n) is 2.13. The summed E-state index contributed by atoms with van der Waals surface area (Å²) in [6.07, 6.45) is 2.46. The van der Waals surface area contributed by atoms with Gasteiger partial charge in [-0.3, -0.25) is 0 Å². The van der Waals surface area contributed by atoms with Crippen LogP contribution in [0.15, 0.2) is 30.3 Å². The van der Waals surface area contributed by atoms with Crippen LogP contribution in [0.4, 0.5) is 5.69 Å². The number of rotatable bonds is 4. The number of para-hydroxylation sites is 1. The molecule has 0 atom stereocenters. The third-order valence-corrected chi connectivity index (χ3v) is 3.74. The van der Waals surface area contributed by atoms with E-state index in [2.05, 4.69) is 17.2 Å². The number of nitrogens with one attached hydrogen (secondary N) is 1.